The molecule has 0 spiro atoms. The number of benzene rings is 12. The summed E-state index contributed by atoms with van der Waals surface area (Å²) >= 11 is 0. The normalized spacial score (nSPS) is 11.6. The predicted octanol–water partition coefficient (Wildman–Crippen LogP) is 20.2. The van der Waals surface area contributed by atoms with E-state index in [1.165, 1.54) is 0 Å². The number of rotatable bonds is 12. The minimum atomic E-state index is 0.545. The lowest BCUT2D eigenvalue weighted by Gasteiger charge is -2.25. The monoisotopic (exact) mass is 1080 g/mol. The highest BCUT2D eigenvalue weighted by Crippen LogP contribution is 2.44. The van der Waals surface area contributed by atoms with Gasteiger partial charge in [0.2, 0.25) is 5.95 Å². The molecule has 0 aliphatic carbocycles. The van der Waals surface area contributed by atoms with Gasteiger partial charge in [0, 0.05) is 89.6 Å². The lowest BCUT2D eigenvalue weighted by atomic mass is 10.1. The van der Waals surface area contributed by atoms with Gasteiger partial charge in [-0.2, -0.15) is 9.97 Å². The van der Waals surface area contributed by atoms with Crippen molar-refractivity contribution in [3.8, 4) is 17.6 Å². The molecule has 0 aliphatic heterocycles. The minimum absolute atomic E-state index is 0.545. The molecule has 0 saturated carbocycles. The van der Waals surface area contributed by atoms with Gasteiger partial charge in [0.1, 0.15) is 11.6 Å². The fourth-order valence-electron chi connectivity index (χ4n) is 12.6. The van der Waals surface area contributed by atoms with Crippen LogP contribution in [0.4, 0.5) is 51.2 Å². The summed E-state index contributed by atoms with van der Waals surface area (Å²) in [4.78, 5) is 18.6. The van der Waals surface area contributed by atoms with Crippen LogP contribution in [0.25, 0.3) is 83.0 Å². The van der Waals surface area contributed by atoms with Gasteiger partial charge in [-0.1, -0.05) is 170 Å². The second-order valence-corrected chi connectivity index (χ2v) is 21.1. The first-order chi connectivity index (χ1) is 41.7. The molecule has 16 rings (SSSR count). The van der Waals surface area contributed by atoms with Crippen molar-refractivity contribution < 1.29 is 0 Å². The quantitative estimate of drug-likeness (QED) is 0.122. The molecular weight excluding hydrogens is 1020 g/mol. The maximum absolute atomic E-state index is 5.81. The van der Waals surface area contributed by atoms with Crippen LogP contribution in [-0.2, 0) is 0 Å². The minimum Gasteiger partial charge on any atom is -0.310 e. The Balaban J connectivity index is 0.969. The summed E-state index contributed by atoms with van der Waals surface area (Å²) in [7, 11) is 0. The van der Waals surface area contributed by atoms with Crippen molar-refractivity contribution in [3.63, 3.8) is 0 Å². The molecule has 0 atom stereocenters. The van der Waals surface area contributed by atoms with Crippen LogP contribution in [0.5, 0.6) is 0 Å². The molecule has 0 unspecified atom stereocenters. The number of nitrogens with zero attached hydrogens (tertiary/aromatic N) is 8. The van der Waals surface area contributed by atoms with Crippen LogP contribution < -0.4 is 14.7 Å². The molecule has 84 heavy (non-hydrogen) atoms. The highest BCUT2D eigenvalue weighted by molar-refractivity contribution is 6.13. The molecule has 0 fully saturated rings. The first kappa shape index (κ1) is 48.4. The van der Waals surface area contributed by atoms with Crippen LogP contribution in [0.2, 0.25) is 0 Å². The van der Waals surface area contributed by atoms with Crippen molar-refractivity contribution in [1.82, 2.24) is 23.7 Å². The van der Waals surface area contributed by atoms with E-state index in [4.69, 9.17) is 9.97 Å². The second kappa shape index (κ2) is 20.3. The van der Waals surface area contributed by atoms with E-state index in [0.29, 0.717) is 5.95 Å². The number of aromatic nitrogens is 5. The SMILES string of the molecule is c1ccc(N(c2ccccc2)c2ccc3c(c2)c2ccccc2n3-c2cc(-n3c4ccccc4c4ccc(N(c5ccccc5)c5ccccc5)cc43)nc(-n3c4ccccc4c4cc(N(c5ccccc5)c5ccccc5)ccc43)n2)cc1. The molecule has 4 heterocycles. The molecule has 4 aromatic heterocycles. The van der Waals surface area contributed by atoms with E-state index >= 15 is 0 Å². The summed E-state index contributed by atoms with van der Waals surface area (Å²) in [6, 6.07) is 112. The number of anilines is 9. The van der Waals surface area contributed by atoms with Gasteiger partial charge < -0.3 is 14.7 Å². The Morgan fingerprint density at radius 2 is 0.464 bits per heavy atom. The fourth-order valence-corrected chi connectivity index (χ4v) is 12.6. The molecular formula is C76H52N8. The second-order valence-electron chi connectivity index (χ2n) is 21.1. The highest BCUT2D eigenvalue weighted by atomic mass is 15.2. The summed E-state index contributed by atoms with van der Waals surface area (Å²) in [5.41, 5.74) is 15.6. The standard InChI is InChI=1S/C76H52N8/c1-7-25-53(26-8-1)79(54-27-9-2-10-28-54)59-44-47-71-66(49-59)63-38-20-23-41-69(63)82(71)74-52-75(83-68-40-22-19-37-62(68)65-46-43-61(51-73(65)83)81(57-33-15-5-16-34-57)58-35-17-6-18-36-58)78-76(77-74)84-70-42-24-21-39-64(70)67-50-60(45-48-72(67)84)80(55-29-11-3-12-30-55)56-31-13-4-14-32-56/h1-52H. The number of para-hydroxylation sites is 9. The number of hydrogen-bond acceptors (Lipinski definition) is 5. The molecule has 0 amide bonds. The first-order valence-electron chi connectivity index (χ1n) is 28.4. The van der Waals surface area contributed by atoms with Crippen LogP contribution in [0.1, 0.15) is 0 Å². The molecule has 8 heteroatoms. The van der Waals surface area contributed by atoms with Crippen molar-refractivity contribution in [1.29, 1.82) is 0 Å². The van der Waals surface area contributed by atoms with Gasteiger partial charge in [0.15, 0.2) is 0 Å². The largest absolute Gasteiger partial charge is 0.310 e. The van der Waals surface area contributed by atoms with Crippen LogP contribution in [0, 0.1) is 0 Å². The van der Waals surface area contributed by atoms with E-state index in [0.717, 1.165) is 128 Å². The first-order valence-corrected chi connectivity index (χ1v) is 28.4. The predicted molar refractivity (Wildman–Crippen MR) is 349 cm³/mol. The van der Waals surface area contributed by atoms with Crippen LogP contribution in [0.15, 0.2) is 315 Å². The molecule has 0 bridgehead atoms. The third-order valence-electron chi connectivity index (χ3n) is 16.2. The number of fused-ring (bicyclic) bond motifs is 9. The maximum atomic E-state index is 5.81. The van der Waals surface area contributed by atoms with E-state index in [2.05, 4.69) is 344 Å². The third kappa shape index (κ3) is 8.15. The van der Waals surface area contributed by atoms with Crippen molar-refractivity contribution in [2.45, 2.75) is 0 Å². The lowest BCUT2D eigenvalue weighted by Crippen LogP contribution is -2.11. The molecule has 16 aromatic rings. The highest BCUT2D eigenvalue weighted by Gasteiger charge is 2.25. The molecule has 0 radical (unpaired) electrons. The van der Waals surface area contributed by atoms with Crippen molar-refractivity contribution in [2.24, 2.45) is 0 Å². The van der Waals surface area contributed by atoms with Crippen LogP contribution in [0.3, 0.4) is 0 Å². The van der Waals surface area contributed by atoms with E-state index in [1.54, 1.807) is 0 Å². The van der Waals surface area contributed by atoms with Crippen molar-refractivity contribution >= 4 is 117 Å². The van der Waals surface area contributed by atoms with Crippen molar-refractivity contribution in [2.75, 3.05) is 14.7 Å². The van der Waals surface area contributed by atoms with Crippen LogP contribution >= 0.6 is 0 Å². The smallest absolute Gasteiger partial charge is 0.238 e. The van der Waals surface area contributed by atoms with Gasteiger partial charge in [-0.15, -0.1) is 0 Å². The zero-order chi connectivity index (χ0) is 55.5. The zero-order valence-corrected chi connectivity index (χ0v) is 45.6. The molecule has 0 aliphatic rings. The Kier molecular flexibility index (Phi) is 11.7. The Labute approximate surface area is 485 Å². The Morgan fingerprint density at radius 1 is 0.190 bits per heavy atom. The summed E-state index contributed by atoms with van der Waals surface area (Å²) in [5, 5.41) is 6.66. The summed E-state index contributed by atoms with van der Waals surface area (Å²) in [6.45, 7) is 0. The average Bonchev–Trinajstić information content (AvgIpc) is 2.15. The van der Waals surface area contributed by atoms with Gasteiger partial charge in [-0.3, -0.25) is 13.7 Å². The molecule has 8 nitrogen and oxygen atoms in total. The third-order valence-corrected chi connectivity index (χ3v) is 16.2. The zero-order valence-electron chi connectivity index (χ0n) is 45.6. The fraction of sp³-hybridized carbons (Fsp3) is 0. The van der Waals surface area contributed by atoms with E-state index in [-0.39, 0.29) is 0 Å². The number of hydrogen-bond donors (Lipinski definition) is 0. The van der Waals surface area contributed by atoms with E-state index in [1.807, 2.05) is 0 Å². The van der Waals surface area contributed by atoms with Gasteiger partial charge >= 0.3 is 0 Å². The van der Waals surface area contributed by atoms with E-state index < -0.39 is 0 Å². The Morgan fingerprint density at radius 3 is 0.857 bits per heavy atom. The summed E-state index contributed by atoms with van der Waals surface area (Å²) < 4.78 is 6.92. The van der Waals surface area contributed by atoms with Crippen LogP contribution in [-0.4, -0.2) is 23.7 Å². The average molecular weight is 1080 g/mol. The summed E-state index contributed by atoms with van der Waals surface area (Å²) in [6.07, 6.45) is 0. The van der Waals surface area contributed by atoms with Gasteiger partial charge in [0.25, 0.3) is 0 Å². The molecule has 0 N–H and O–H groups in total. The van der Waals surface area contributed by atoms with Gasteiger partial charge in [0.05, 0.1) is 33.1 Å². The molecule has 396 valence electrons. The van der Waals surface area contributed by atoms with Gasteiger partial charge in [-0.25, -0.2) is 0 Å². The molecule has 0 saturated heterocycles. The maximum Gasteiger partial charge on any atom is 0.238 e. The topological polar surface area (TPSA) is 50.3 Å². The van der Waals surface area contributed by atoms with Crippen molar-refractivity contribution in [3.05, 3.63) is 315 Å². The Bertz CT molecular complexity index is 4740. The lowest BCUT2D eigenvalue weighted by molar-refractivity contribution is 0.918. The molecule has 12 aromatic carbocycles. The summed E-state index contributed by atoms with van der Waals surface area (Å²) in [5.74, 6) is 2.01. The van der Waals surface area contributed by atoms with E-state index in [9.17, 15) is 0 Å². The Hall–Kier alpha value is -11.5. The van der Waals surface area contributed by atoms with Gasteiger partial charge in [-0.05, 0) is 140 Å².